The van der Waals surface area contributed by atoms with Gasteiger partial charge in [-0.1, -0.05) is 54.6 Å². The molecule has 5 rings (SSSR count). The minimum atomic E-state index is -1.16. The van der Waals surface area contributed by atoms with Crippen LogP contribution in [0, 0.1) is 11.8 Å². The molecule has 0 unspecified atom stereocenters. The molecule has 5 heteroatoms. The molecule has 3 aliphatic carbocycles. The Morgan fingerprint density at radius 2 is 1.73 bits per heavy atom. The van der Waals surface area contributed by atoms with Crippen LogP contribution in [-0.2, 0) is 21.4 Å². The van der Waals surface area contributed by atoms with E-state index in [-0.39, 0.29) is 41.5 Å². The van der Waals surface area contributed by atoms with Gasteiger partial charge < -0.3 is 15.2 Å². The number of rotatable bonds is 4. The third-order valence-electron chi connectivity index (χ3n) is 6.28. The van der Waals surface area contributed by atoms with Crippen molar-refractivity contribution in [2.75, 3.05) is 0 Å². The molecule has 126 valence electrons. The summed E-state index contributed by atoms with van der Waals surface area (Å²) in [7, 11) is 0. The molecule has 1 N–H and O–H groups in total. The van der Waals surface area contributed by atoms with Crippen LogP contribution in [0.1, 0.15) is 29.0 Å². The molecule has 1 amide bonds. The summed E-state index contributed by atoms with van der Waals surface area (Å²) in [5, 5.41) is 14.9. The van der Waals surface area contributed by atoms with Crippen LogP contribution in [0.5, 0.6) is 0 Å². The summed E-state index contributed by atoms with van der Waals surface area (Å²) in [6, 6.07) is 17.5. The molecule has 2 aromatic rings. The Morgan fingerprint density at radius 3 is 2.46 bits per heavy atom. The minimum Gasteiger partial charge on any atom is -0.549 e. The standard InChI is InChI=1S/C21H19NO3.Na/c23-19(16-11-21(16,20(24)25)13-7-2-1-3-8-13)22-18-15-10-12-6-4-5-9-14(12)17(15)18;/h1-9,15-18H,10-11H2,(H,22,23)(H,24,25);/q;+1/p-1/t15-,16+,17+,18+,21-;/m0./s1. The van der Waals surface area contributed by atoms with Gasteiger partial charge in [0.05, 0.1) is 11.9 Å². The van der Waals surface area contributed by atoms with Gasteiger partial charge in [-0.3, -0.25) is 4.79 Å². The van der Waals surface area contributed by atoms with E-state index in [0.717, 1.165) is 6.42 Å². The molecule has 0 spiro atoms. The van der Waals surface area contributed by atoms with E-state index in [9.17, 15) is 14.7 Å². The Hall–Kier alpha value is -1.62. The molecule has 2 fully saturated rings. The predicted octanol–water partition coefficient (Wildman–Crippen LogP) is -1.85. The van der Waals surface area contributed by atoms with E-state index in [1.54, 1.807) is 24.3 Å². The average Bonchev–Trinajstić information content (AvgIpc) is 3.49. The first kappa shape index (κ1) is 17.8. The molecule has 2 saturated carbocycles. The Kier molecular flexibility index (Phi) is 4.25. The zero-order chi connectivity index (χ0) is 17.2. The first-order valence-corrected chi connectivity index (χ1v) is 8.78. The van der Waals surface area contributed by atoms with Gasteiger partial charge in [0.2, 0.25) is 5.91 Å². The van der Waals surface area contributed by atoms with Crippen LogP contribution in [-0.4, -0.2) is 17.9 Å². The van der Waals surface area contributed by atoms with Gasteiger partial charge in [-0.05, 0) is 35.4 Å². The monoisotopic (exact) mass is 355 g/mol. The Morgan fingerprint density at radius 1 is 1.04 bits per heavy atom. The van der Waals surface area contributed by atoms with Gasteiger partial charge in [-0.25, -0.2) is 0 Å². The van der Waals surface area contributed by atoms with E-state index in [0.29, 0.717) is 23.8 Å². The maximum atomic E-state index is 12.7. The van der Waals surface area contributed by atoms with Crippen molar-refractivity contribution in [1.29, 1.82) is 0 Å². The maximum Gasteiger partial charge on any atom is 1.00 e. The van der Waals surface area contributed by atoms with Crippen LogP contribution in [0.25, 0.3) is 0 Å². The SMILES string of the molecule is O=C(N[C@@H]1[C@H]2Cc3ccccc3[C@H]21)[C@H]1C[C@]1(C(=O)[O-])c1ccccc1.[Na+]. The third kappa shape index (κ3) is 2.47. The summed E-state index contributed by atoms with van der Waals surface area (Å²) in [6.45, 7) is 0. The van der Waals surface area contributed by atoms with Gasteiger partial charge in [0.1, 0.15) is 0 Å². The second kappa shape index (κ2) is 6.22. The fourth-order valence-electron chi connectivity index (χ4n) is 4.79. The Labute approximate surface area is 174 Å². The van der Waals surface area contributed by atoms with Crippen LogP contribution >= 0.6 is 0 Å². The Balaban J connectivity index is 0.00000168. The molecule has 0 saturated heterocycles. The molecule has 0 aliphatic heterocycles. The molecule has 5 atom stereocenters. The van der Waals surface area contributed by atoms with Gasteiger partial charge in [0.25, 0.3) is 0 Å². The summed E-state index contributed by atoms with van der Waals surface area (Å²) < 4.78 is 0. The smallest absolute Gasteiger partial charge is 0.549 e. The van der Waals surface area contributed by atoms with Crippen LogP contribution in [0.3, 0.4) is 0 Å². The average molecular weight is 355 g/mol. The number of carboxylic acids is 1. The number of nitrogens with one attached hydrogen (secondary N) is 1. The van der Waals surface area contributed by atoms with Crippen molar-refractivity contribution in [3.63, 3.8) is 0 Å². The summed E-state index contributed by atoms with van der Waals surface area (Å²) in [6.07, 6.45) is 1.32. The van der Waals surface area contributed by atoms with Crippen molar-refractivity contribution in [1.82, 2.24) is 5.32 Å². The van der Waals surface area contributed by atoms with E-state index in [1.165, 1.54) is 11.1 Å². The van der Waals surface area contributed by atoms with E-state index < -0.39 is 17.3 Å². The van der Waals surface area contributed by atoms with Gasteiger partial charge >= 0.3 is 29.6 Å². The van der Waals surface area contributed by atoms with Gasteiger partial charge in [0.15, 0.2) is 0 Å². The second-order valence-electron chi connectivity index (χ2n) is 7.51. The van der Waals surface area contributed by atoms with E-state index in [2.05, 4.69) is 23.5 Å². The molecule has 3 aliphatic rings. The summed E-state index contributed by atoms with van der Waals surface area (Å²) in [5.74, 6) is -0.969. The fourth-order valence-corrected chi connectivity index (χ4v) is 4.79. The van der Waals surface area contributed by atoms with Crippen molar-refractivity contribution >= 4 is 11.9 Å². The molecule has 0 radical (unpaired) electrons. The number of benzene rings is 2. The van der Waals surface area contributed by atoms with E-state index in [1.807, 2.05) is 12.1 Å². The number of fused-ring (bicyclic) bond motifs is 3. The molecule has 26 heavy (non-hydrogen) atoms. The van der Waals surface area contributed by atoms with Crippen molar-refractivity contribution in [2.24, 2.45) is 11.8 Å². The number of amides is 1. The quantitative estimate of drug-likeness (QED) is 0.655. The summed E-state index contributed by atoms with van der Waals surface area (Å²) >= 11 is 0. The van der Waals surface area contributed by atoms with Gasteiger partial charge in [-0.2, -0.15) is 0 Å². The van der Waals surface area contributed by atoms with Gasteiger partial charge in [-0.15, -0.1) is 0 Å². The van der Waals surface area contributed by atoms with Crippen LogP contribution in [0.4, 0.5) is 0 Å². The van der Waals surface area contributed by atoms with Crippen molar-refractivity contribution < 1.29 is 44.3 Å². The van der Waals surface area contributed by atoms with Crippen molar-refractivity contribution in [3.8, 4) is 0 Å². The number of carbonyl (C=O) groups is 2. The Bertz CT molecular complexity index is 884. The molecule has 0 aromatic heterocycles. The number of carboxylic acid groups (broad SMARTS) is 1. The number of hydrogen-bond donors (Lipinski definition) is 1. The molecule has 0 bridgehead atoms. The van der Waals surface area contributed by atoms with Crippen molar-refractivity contribution in [2.45, 2.75) is 30.2 Å². The second-order valence-corrected chi connectivity index (χ2v) is 7.51. The summed E-state index contributed by atoms with van der Waals surface area (Å²) in [5.41, 5.74) is 2.22. The van der Waals surface area contributed by atoms with Crippen molar-refractivity contribution in [3.05, 3.63) is 71.3 Å². The van der Waals surface area contributed by atoms with Gasteiger partial charge in [0, 0.05) is 17.4 Å². The number of hydrogen-bond acceptors (Lipinski definition) is 3. The zero-order valence-electron chi connectivity index (χ0n) is 14.6. The van der Waals surface area contributed by atoms with Crippen LogP contribution in [0.2, 0.25) is 0 Å². The molecular weight excluding hydrogens is 337 g/mol. The molecule has 2 aromatic carbocycles. The predicted molar refractivity (Wildman–Crippen MR) is 89.5 cm³/mol. The topological polar surface area (TPSA) is 69.2 Å². The molecule has 0 heterocycles. The number of aliphatic carboxylic acids is 1. The fraction of sp³-hybridized carbons (Fsp3) is 0.333. The maximum absolute atomic E-state index is 12.7. The van der Waals surface area contributed by atoms with E-state index >= 15 is 0 Å². The zero-order valence-corrected chi connectivity index (χ0v) is 16.6. The first-order chi connectivity index (χ1) is 12.1. The molecule has 4 nitrogen and oxygen atoms in total. The minimum absolute atomic E-state index is 0. The number of carbonyl (C=O) groups excluding carboxylic acids is 2. The van der Waals surface area contributed by atoms with E-state index in [4.69, 9.17) is 0 Å². The summed E-state index contributed by atoms with van der Waals surface area (Å²) in [4.78, 5) is 24.5. The van der Waals surface area contributed by atoms with Crippen LogP contribution in [0.15, 0.2) is 54.6 Å². The molecular formula is C21H18NNaO3. The normalized spacial score (nSPS) is 32.6. The van der Waals surface area contributed by atoms with Crippen LogP contribution < -0.4 is 40.0 Å². The third-order valence-corrected chi connectivity index (χ3v) is 6.28. The first-order valence-electron chi connectivity index (χ1n) is 8.78. The largest absolute Gasteiger partial charge is 1.00 e.